The molecule has 3 aromatic carbocycles. The number of ether oxygens (including phenoxy) is 1. The van der Waals surface area contributed by atoms with Crippen molar-refractivity contribution in [2.24, 2.45) is 5.10 Å². The van der Waals surface area contributed by atoms with Crippen LogP contribution in [0.25, 0.3) is 33.2 Å². The summed E-state index contributed by atoms with van der Waals surface area (Å²) in [6.45, 7) is 8.85. The number of aryl methyl sites for hydroxylation is 1. The summed E-state index contributed by atoms with van der Waals surface area (Å²) in [4.78, 5) is 21.8. The Morgan fingerprint density at radius 3 is 2.60 bits per heavy atom. The van der Waals surface area contributed by atoms with E-state index in [0.29, 0.717) is 23.3 Å². The first kappa shape index (κ1) is 22.6. The molecular formula is C29H28N4O2. The lowest BCUT2D eigenvalue weighted by molar-refractivity contribution is 0.335. The molecule has 6 heteroatoms. The van der Waals surface area contributed by atoms with Crippen LogP contribution in [-0.2, 0) is 0 Å². The van der Waals surface area contributed by atoms with E-state index in [1.807, 2.05) is 68.6 Å². The second kappa shape index (κ2) is 9.22. The van der Waals surface area contributed by atoms with Gasteiger partial charge in [0.15, 0.2) is 5.82 Å². The summed E-state index contributed by atoms with van der Waals surface area (Å²) >= 11 is 0. The number of nitrogens with zero attached hydrogens (tertiary/aromatic N) is 3. The summed E-state index contributed by atoms with van der Waals surface area (Å²) in [5.74, 6) is 1.61. The number of nitrogens with one attached hydrogen (secondary N) is 1. The zero-order valence-corrected chi connectivity index (χ0v) is 20.4. The lowest BCUT2D eigenvalue weighted by Gasteiger charge is -2.18. The quantitative estimate of drug-likeness (QED) is 0.302. The summed E-state index contributed by atoms with van der Waals surface area (Å²) < 4.78 is 7.32. The lowest BCUT2D eigenvalue weighted by atomic mass is 9.96. The van der Waals surface area contributed by atoms with Gasteiger partial charge in [0.2, 0.25) is 0 Å². The maximum atomic E-state index is 13.6. The predicted octanol–water partition coefficient (Wildman–Crippen LogP) is 6.26. The zero-order valence-electron chi connectivity index (χ0n) is 20.4. The smallest absolute Gasteiger partial charge is 0.282 e. The highest BCUT2D eigenvalue weighted by molar-refractivity contribution is 5.99. The van der Waals surface area contributed by atoms with E-state index in [0.717, 1.165) is 38.9 Å². The monoisotopic (exact) mass is 464 g/mol. The molecule has 0 saturated heterocycles. The molecule has 0 amide bonds. The van der Waals surface area contributed by atoms with Gasteiger partial charge in [0.1, 0.15) is 5.75 Å². The molecule has 35 heavy (non-hydrogen) atoms. The predicted molar refractivity (Wildman–Crippen MR) is 143 cm³/mol. The van der Waals surface area contributed by atoms with Crippen LogP contribution in [0.1, 0.15) is 43.4 Å². The molecule has 0 fully saturated rings. The maximum Gasteiger partial charge on any atom is 0.282 e. The van der Waals surface area contributed by atoms with Crippen molar-refractivity contribution in [2.75, 3.05) is 6.61 Å². The Balaban J connectivity index is 1.75. The van der Waals surface area contributed by atoms with Crippen LogP contribution in [0.4, 0.5) is 0 Å². The van der Waals surface area contributed by atoms with E-state index in [1.165, 1.54) is 4.68 Å². The highest BCUT2D eigenvalue weighted by Crippen LogP contribution is 2.34. The summed E-state index contributed by atoms with van der Waals surface area (Å²) in [6.07, 6.45) is 3.61. The van der Waals surface area contributed by atoms with Crippen LogP contribution < -0.4 is 10.3 Å². The molecule has 1 N–H and O–H groups in total. The number of aromatic amines is 1. The first-order chi connectivity index (χ1) is 17.0. The summed E-state index contributed by atoms with van der Waals surface area (Å²) in [5, 5.41) is 6.23. The Labute approximate surface area is 203 Å². The van der Waals surface area contributed by atoms with Gasteiger partial charge in [-0.15, -0.1) is 0 Å². The van der Waals surface area contributed by atoms with Crippen LogP contribution in [0.15, 0.2) is 76.8 Å². The van der Waals surface area contributed by atoms with Gasteiger partial charge in [-0.2, -0.15) is 9.78 Å². The van der Waals surface area contributed by atoms with Gasteiger partial charge >= 0.3 is 0 Å². The average Bonchev–Trinajstić information content (AvgIpc) is 3.27. The lowest BCUT2D eigenvalue weighted by Crippen LogP contribution is -2.20. The third-order valence-corrected chi connectivity index (χ3v) is 6.21. The van der Waals surface area contributed by atoms with Gasteiger partial charge < -0.3 is 9.72 Å². The van der Waals surface area contributed by atoms with Crippen LogP contribution in [0.2, 0.25) is 0 Å². The molecule has 0 saturated carbocycles. The maximum absolute atomic E-state index is 13.6. The van der Waals surface area contributed by atoms with Crippen LogP contribution >= 0.6 is 0 Å². The van der Waals surface area contributed by atoms with E-state index >= 15 is 0 Å². The van der Waals surface area contributed by atoms with Crippen molar-refractivity contribution in [2.45, 2.75) is 33.6 Å². The van der Waals surface area contributed by atoms with Crippen LogP contribution in [0, 0.1) is 6.92 Å². The van der Waals surface area contributed by atoms with E-state index in [-0.39, 0.29) is 11.5 Å². The number of benzene rings is 3. The number of para-hydroxylation sites is 2. The molecule has 5 rings (SSSR count). The number of aromatic nitrogens is 3. The van der Waals surface area contributed by atoms with E-state index in [2.05, 4.69) is 30.0 Å². The van der Waals surface area contributed by atoms with Crippen molar-refractivity contribution < 1.29 is 4.74 Å². The minimum Gasteiger partial charge on any atom is -0.494 e. The van der Waals surface area contributed by atoms with Crippen molar-refractivity contribution >= 4 is 28.0 Å². The van der Waals surface area contributed by atoms with Crippen LogP contribution in [0.5, 0.6) is 5.75 Å². The molecule has 0 atom stereocenters. The average molecular weight is 465 g/mol. The molecule has 0 aliphatic carbocycles. The Morgan fingerprint density at radius 2 is 1.83 bits per heavy atom. The van der Waals surface area contributed by atoms with Crippen molar-refractivity contribution in [3.63, 3.8) is 0 Å². The topological polar surface area (TPSA) is 72.3 Å². The Hall–Kier alpha value is -4.19. The Kier molecular flexibility index (Phi) is 5.95. The summed E-state index contributed by atoms with van der Waals surface area (Å²) in [6, 6.07) is 19.5. The van der Waals surface area contributed by atoms with Crippen molar-refractivity contribution in [3.8, 4) is 17.1 Å². The minimum absolute atomic E-state index is 0.207. The number of hydrogen-bond acceptors (Lipinski definition) is 4. The Bertz CT molecular complexity index is 1630. The third-order valence-electron chi connectivity index (χ3n) is 6.21. The van der Waals surface area contributed by atoms with E-state index in [9.17, 15) is 4.79 Å². The molecular weight excluding hydrogens is 436 g/mol. The fourth-order valence-corrected chi connectivity index (χ4v) is 4.40. The molecule has 176 valence electrons. The molecule has 0 aliphatic rings. The fraction of sp³-hybridized carbons (Fsp3) is 0.207. The van der Waals surface area contributed by atoms with Gasteiger partial charge in [-0.05, 0) is 61.2 Å². The SMILES string of the molecule is CCOc1cc(C)c(-c2nc3ccccc3c(=O)n2N=Cc2c[nH]c3ccccc23)cc1C(C)C. The van der Waals surface area contributed by atoms with E-state index < -0.39 is 0 Å². The molecule has 5 aromatic rings. The molecule has 0 bridgehead atoms. The Morgan fingerprint density at radius 1 is 1.09 bits per heavy atom. The van der Waals surface area contributed by atoms with Crippen LogP contribution in [-0.4, -0.2) is 27.5 Å². The van der Waals surface area contributed by atoms with Crippen molar-refractivity contribution in [1.82, 2.24) is 14.6 Å². The molecule has 2 heterocycles. The van der Waals surface area contributed by atoms with Crippen molar-refractivity contribution in [3.05, 3.63) is 93.9 Å². The normalized spacial score (nSPS) is 11.8. The highest BCUT2D eigenvalue weighted by atomic mass is 16.5. The van der Waals surface area contributed by atoms with Crippen molar-refractivity contribution in [1.29, 1.82) is 0 Å². The van der Waals surface area contributed by atoms with E-state index in [4.69, 9.17) is 9.72 Å². The number of H-pyrrole nitrogens is 1. The third kappa shape index (κ3) is 4.12. The molecule has 6 nitrogen and oxygen atoms in total. The highest BCUT2D eigenvalue weighted by Gasteiger charge is 2.18. The molecule has 0 unspecified atom stereocenters. The molecule has 0 spiro atoms. The van der Waals surface area contributed by atoms with Gasteiger partial charge in [-0.3, -0.25) is 4.79 Å². The first-order valence-electron chi connectivity index (χ1n) is 11.9. The number of fused-ring (bicyclic) bond motifs is 2. The number of hydrogen-bond donors (Lipinski definition) is 1. The van der Waals surface area contributed by atoms with Gasteiger partial charge in [0.25, 0.3) is 5.56 Å². The molecule has 2 aromatic heterocycles. The first-order valence-corrected chi connectivity index (χ1v) is 11.9. The standard InChI is InChI=1S/C29H28N4O2/c1-5-35-27-14-19(4)24(15-23(27)18(2)3)28-32-26-13-9-7-11-22(26)29(34)33(28)31-17-20-16-30-25-12-8-6-10-21(20)25/h6-18,30H,5H2,1-4H3. The van der Waals surface area contributed by atoms with E-state index in [1.54, 1.807) is 12.3 Å². The fourth-order valence-electron chi connectivity index (χ4n) is 4.40. The number of rotatable bonds is 6. The largest absolute Gasteiger partial charge is 0.494 e. The van der Waals surface area contributed by atoms with Gasteiger partial charge in [-0.25, -0.2) is 4.98 Å². The second-order valence-corrected chi connectivity index (χ2v) is 8.90. The van der Waals surface area contributed by atoms with Crippen LogP contribution in [0.3, 0.4) is 0 Å². The summed E-state index contributed by atoms with van der Waals surface area (Å²) in [5.41, 5.74) is 5.25. The summed E-state index contributed by atoms with van der Waals surface area (Å²) in [7, 11) is 0. The van der Waals surface area contributed by atoms with Gasteiger partial charge in [0, 0.05) is 28.2 Å². The van der Waals surface area contributed by atoms with Gasteiger partial charge in [-0.1, -0.05) is 44.2 Å². The molecule has 0 aliphatic heterocycles. The zero-order chi connectivity index (χ0) is 24.5. The molecule has 0 radical (unpaired) electrons. The second-order valence-electron chi connectivity index (χ2n) is 8.90. The minimum atomic E-state index is -0.207. The van der Waals surface area contributed by atoms with Gasteiger partial charge in [0.05, 0.1) is 23.7 Å².